The van der Waals surface area contributed by atoms with Crippen molar-refractivity contribution in [3.8, 4) is 0 Å². The maximum atomic E-state index is 12.7. The molecule has 7 heteroatoms. The van der Waals surface area contributed by atoms with E-state index in [1.807, 2.05) is 0 Å². The lowest BCUT2D eigenvalue weighted by Gasteiger charge is -2.14. The molecular weight excluding hydrogens is 275 g/mol. The maximum Gasteiger partial charge on any atom is 0.446 e. The molecule has 0 aliphatic heterocycles. The molecule has 0 fully saturated rings. The van der Waals surface area contributed by atoms with Crippen LogP contribution in [0.3, 0.4) is 0 Å². The van der Waals surface area contributed by atoms with E-state index in [4.69, 9.17) is 0 Å². The number of carbonyl (C=O) groups is 1. The highest BCUT2D eigenvalue weighted by molar-refractivity contribution is 8.00. The van der Waals surface area contributed by atoms with E-state index in [1.54, 1.807) is 0 Å². The second-order valence-electron chi connectivity index (χ2n) is 3.35. The molecule has 0 unspecified atom stereocenters. The molecule has 100 valence electrons. The number of thioether (sulfide) groups is 1. The number of halogens is 5. The minimum absolute atomic E-state index is 0.0435. The number of carbonyl (C=O) groups excluding carboxylic acids is 1. The summed E-state index contributed by atoms with van der Waals surface area (Å²) in [6.45, 7) is 1.46. The molecule has 0 amide bonds. The van der Waals surface area contributed by atoms with Gasteiger partial charge in [0.1, 0.15) is 0 Å². The molecule has 1 nitrogen and oxygen atoms in total. The van der Waals surface area contributed by atoms with Gasteiger partial charge >= 0.3 is 5.51 Å². The molecule has 0 aromatic heterocycles. The van der Waals surface area contributed by atoms with Crippen LogP contribution < -0.4 is 0 Å². The fourth-order valence-electron chi connectivity index (χ4n) is 1.37. The highest BCUT2D eigenvalue weighted by atomic mass is 32.2. The Hall–Kier alpha value is -1.11. The molecule has 0 atom stereocenters. The molecule has 0 aliphatic carbocycles. The van der Waals surface area contributed by atoms with Crippen LogP contribution in [0.25, 0.3) is 0 Å². The van der Waals surface area contributed by atoms with Crippen molar-refractivity contribution in [1.82, 2.24) is 0 Å². The molecule has 0 N–H and O–H groups in total. The highest BCUT2D eigenvalue weighted by Crippen LogP contribution is 2.43. The molecule has 0 heterocycles. The van der Waals surface area contributed by atoms with Crippen molar-refractivity contribution in [2.75, 3.05) is 0 Å². The summed E-state index contributed by atoms with van der Waals surface area (Å²) < 4.78 is 62.3. The topological polar surface area (TPSA) is 17.1 Å². The number of Topliss-reactive ketones (excluding diaryl/α,β-unsaturated/α-hetero) is 1. The van der Waals surface area contributed by atoms with E-state index in [0.717, 1.165) is 18.2 Å². The second kappa shape index (κ2) is 5.69. The first-order chi connectivity index (χ1) is 8.26. The zero-order chi connectivity index (χ0) is 13.9. The van der Waals surface area contributed by atoms with E-state index in [-0.39, 0.29) is 12.0 Å². The summed E-state index contributed by atoms with van der Waals surface area (Å²) in [5.41, 5.74) is -5.79. The SMILES string of the molecule is CCC(=O)c1cccc(C(F)F)c1SC(F)(F)F. The average Bonchev–Trinajstić information content (AvgIpc) is 2.25. The van der Waals surface area contributed by atoms with Gasteiger partial charge in [-0.2, -0.15) is 13.2 Å². The minimum Gasteiger partial charge on any atom is -0.294 e. The van der Waals surface area contributed by atoms with Crippen molar-refractivity contribution >= 4 is 17.5 Å². The smallest absolute Gasteiger partial charge is 0.294 e. The van der Waals surface area contributed by atoms with Crippen LogP contribution in [-0.2, 0) is 0 Å². The fourth-order valence-corrected chi connectivity index (χ4v) is 2.16. The number of benzene rings is 1. The first-order valence-electron chi connectivity index (χ1n) is 4.96. The van der Waals surface area contributed by atoms with Gasteiger partial charge in [0.2, 0.25) is 0 Å². The quantitative estimate of drug-likeness (QED) is 0.447. The summed E-state index contributed by atoms with van der Waals surface area (Å²) >= 11 is -0.675. The summed E-state index contributed by atoms with van der Waals surface area (Å²) in [4.78, 5) is 10.8. The number of hydrogen-bond donors (Lipinski definition) is 0. The van der Waals surface area contributed by atoms with Gasteiger partial charge in [-0.15, -0.1) is 0 Å². The number of alkyl halides is 5. The van der Waals surface area contributed by atoms with Crippen molar-refractivity contribution in [3.05, 3.63) is 29.3 Å². The largest absolute Gasteiger partial charge is 0.446 e. The van der Waals surface area contributed by atoms with Gasteiger partial charge in [-0.3, -0.25) is 4.79 Å². The van der Waals surface area contributed by atoms with Gasteiger partial charge in [0.25, 0.3) is 6.43 Å². The van der Waals surface area contributed by atoms with E-state index in [2.05, 4.69) is 0 Å². The van der Waals surface area contributed by atoms with Crippen molar-refractivity contribution in [3.63, 3.8) is 0 Å². The highest BCUT2D eigenvalue weighted by Gasteiger charge is 2.34. The Bertz CT molecular complexity index is 442. The van der Waals surface area contributed by atoms with E-state index in [9.17, 15) is 26.7 Å². The van der Waals surface area contributed by atoms with Gasteiger partial charge in [-0.25, -0.2) is 8.78 Å². The van der Waals surface area contributed by atoms with Crippen molar-refractivity contribution in [2.24, 2.45) is 0 Å². The number of rotatable bonds is 4. The number of ketones is 1. The van der Waals surface area contributed by atoms with Gasteiger partial charge in [0, 0.05) is 22.4 Å². The summed E-state index contributed by atoms with van der Waals surface area (Å²) in [6, 6.07) is 3.18. The summed E-state index contributed by atoms with van der Waals surface area (Å²) in [6.07, 6.45) is -3.10. The van der Waals surface area contributed by atoms with Crippen LogP contribution in [0.5, 0.6) is 0 Å². The molecule has 0 saturated carbocycles. The van der Waals surface area contributed by atoms with Gasteiger partial charge in [0.05, 0.1) is 0 Å². The van der Waals surface area contributed by atoms with E-state index >= 15 is 0 Å². The lowest BCUT2D eigenvalue weighted by Crippen LogP contribution is -2.07. The molecule has 1 aromatic carbocycles. The lowest BCUT2D eigenvalue weighted by atomic mass is 10.1. The summed E-state index contributed by atoms with van der Waals surface area (Å²) in [5, 5.41) is 0. The first-order valence-corrected chi connectivity index (χ1v) is 5.78. The zero-order valence-corrected chi connectivity index (χ0v) is 10.0. The Morgan fingerprint density at radius 1 is 1.33 bits per heavy atom. The Kier molecular flexibility index (Phi) is 4.72. The molecule has 1 aromatic rings. The third kappa shape index (κ3) is 3.69. The van der Waals surface area contributed by atoms with Crippen molar-refractivity contribution in [2.45, 2.75) is 30.2 Å². The van der Waals surface area contributed by atoms with Crippen LogP contribution in [-0.4, -0.2) is 11.3 Å². The zero-order valence-electron chi connectivity index (χ0n) is 9.22. The third-order valence-electron chi connectivity index (χ3n) is 2.12. The van der Waals surface area contributed by atoms with Crippen LogP contribution in [0, 0.1) is 0 Å². The Labute approximate surface area is 104 Å². The standard InChI is InChI=1S/C11H9F5OS/c1-2-8(17)6-4-3-5-7(10(12)13)9(6)18-11(14,15)16/h3-5,10H,2H2,1H3. The summed E-state index contributed by atoms with van der Waals surface area (Å²) in [5.74, 6) is -0.593. The molecular formula is C11H9F5OS. The lowest BCUT2D eigenvalue weighted by molar-refractivity contribution is -0.0329. The molecule has 0 spiro atoms. The van der Waals surface area contributed by atoms with E-state index in [0.29, 0.717) is 0 Å². The van der Waals surface area contributed by atoms with Gasteiger partial charge < -0.3 is 0 Å². The fraction of sp³-hybridized carbons (Fsp3) is 0.364. The van der Waals surface area contributed by atoms with E-state index in [1.165, 1.54) is 6.92 Å². The Morgan fingerprint density at radius 2 is 1.94 bits per heavy atom. The average molecular weight is 284 g/mol. The van der Waals surface area contributed by atoms with Crippen molar-refractivity contribution < 1.29 is 26.7 Å². The van der Waals surface area contributed by atoms with Crippen LogP contribution in [0.4, 0.5) is 22.0 Å². The predicted molar refractivity (Wildman–Crippen MR) is 57.9 cm³/mol. The van der Waals surface area contributed by atoms with Crippen LogP contribution in [0.15, 0.2) is 23.1 Å². The monoisotopic (exact) mass is 284 g/mol. The van der Waals surface area contributed by atoms with Gasteiger partial charge in [-0.05, 0) is 11.8 Å². The van der Waals surface area contributed by atoms with Gasteiger partial charge in [-0.1, -0.05) is 25.1 Å². The minimum atomic E-state index is -4.71. The molecule has 0 radical (unpaired) electrons. The number of hydrogen-bond acceptors (Lipinski definition) is 2. The van der Waals surface area contributed by atoms with Crippen LogP contribution in [0.1, 0.15) is 35.7 Å². The molecule has 18 heavy (non-hydrogen) atoms. The second-order valence-corrected chi connectivity index (χ2v) is 4.42. The van der Waals surface area contributed by atoms with Crippen molar-refractivity contribution in [1.29, 1.82) is 0 Å². The third-order valence-corrected chi connectivity index (χ3v) is 3.01. The maximum absolute atomic E-state index is 12.7. The van der Waals surface area contributed by atoms with E-state index < -0.39 is 39.9 Å². The normalized spacial score (nSPS) is 11.9. The summed E-state index contributed by atoms with van der Waals surface area (Å²) in [7, 11) is 0. The molecule has 0 saturated heterocycles. The van der Waals surface area contributed by atoms with Crippen LogP contribution in [0.2, 0.25) is 0 Å². The molecule has 1 rings (SSSR count). The van der Waals surface area contributed by atoms with Crippen LogP contribution >= 0.6 is 11.8 Å². The first kappa shape index (κ1) is 14.9. The van der Waals surface area contributed by atoms with Gasteiger partial charge in [0.15, 0.2) is 5.78 Å². The Morgan fingerprint density at radius 3 is 2.39 bits per heavy atom. The Balaban J connectivity index is 3.34. The predicted octanol–water partition coefficient (Wildman–Crippen LogP) is 4.83. The molecule has 0 aliphatic rings. The molecule has 0 bridgehead atoms.